The summed E-state index contributed by atoms with van der Waals surface area (Å²) in [5.74, 6) is 0.576. The molecule has 0 spiro atoms. The summed E-state index contributed by atoms with van der Waals surface area (Å²) in [6.45, 7) is 2.58. The van der Waals surface area contributed by atoms with Gasteiger partial charge in [0.1, 0.15) is 18.1 Å². The first-order valence-electron chi connectivity index (χ1n) is 8.53. The minimum atomic E-state index is -0.294. The van der Waals surface area contributed by atoms with Crippen LogP contribution in [0.2, 0.25) is 0 Å². The smallest absolute Gasteiger partial charge is 0.276 e. The molecule has 0 aromatic heterocycles. The van der Waals surface area contributed by atoms with Crippen molar-refractivity contribution in [1.29, 1.82) is 0 Å². The second-order valence-electron chi connectivity index (χ2n) is 6.03. The van der Waals surface area contributed by atoms with Crippen LogP contribution in [0.25, 0.3) is 6.08 Å². The normalized spacial score (nSPS) is 15.1. The second-order valence-corrected chi connectivity index (χ2v) is 7.27. The molecule has 0 bridgehead atoms. The summed E-state index contributed by atoms with van der Waals surface area (Å²) in [5, 5.41) is 3.25. The Morgan fingerprint density at radius 2 is 1.96 bits per heavy atom. The van der Waals surface area contributed by atoms with Gasteiger partial charge in [0.2, 0.25) is 0 Å². The Kier molecular flexibility index (Phi) is 6.31. The van der Waals surface area contributed by atoms with Crippen molar-refractivity contribution in [3.8, 4) is 11.5 Å². The van der Waals surface area contributed by atoms with E-state index in [0.29, 0.717) is 33.4 Å². The summed E-state index contributed by atoms with van der Waals surface area (Å²) in [6.07, 6.45) is 1.70. The Bertz CT molecular complexity index is 947. The lowest BCUT2D eigenvalue weighted by Gasteiger charge is -2.15. The number of carbonyl (C=O) groups excluding carboxylic acids is 1. The molecule has 2 aromatic rings. The monoisotopic (exact) mass is 464 g/mol. The predicted octanol–water partition coefficient (Wildman–Crippen LogP) is 4.25. The number of amides is 1. The summed E-state index contributed by atoms with van der Waals surface area (Å²) in [7, 11) is 1.62. The molecule has 28 heavy (non-hydrogen) atoms. The van der Waals surface area contributed by atoms with Gasteiger partial charge >= 0.3 is 0 Å². The summed E-state index contributed by atoms with van der Waals surface area (Å²) in [6, 6.07) is 9.72. The molecule has 146 valence electrons. The van der Waals surface area contributed by atoms with Crippen molar-refractivity contribution in [2.24, 2.45) is 0 Å². The van der Waals surface area contributed by atoms with Gasteiger partial charge in [-0.05, 0) is 76.5 Å². The number of thiocarbonyl (C=S) groups is 1. The van der Waals surface area contributed by atoms with E-state index in [9.17, 15) is 9.18 Å². The van der Waals surface area contributed by atoms with E-state index in [2.05, 4.69) is 21.2 Å². The molecule has 0 saturated carbocycles. The largest absolute Gasteiger partial charge is 0.490 e. The average Bonchev–Trinajstić information content (AvgIpc) is 2.89. The maximum Gasteiger partial charge on any atom is 0.276 e. The second kappa shape index (κ2) is 8.70. The summed E-state index contributed by atoms with van der Waals surface area (Å²) < 4.78 is 25.3. The van der Waals surface area contributed by atoms with Crippen molar-refractivity contribution in [2.45, 2.75) is 13.5 Å². The van der Waals surface area contributed by atoms with E-state index >= 15 is 0 Å². The third-order valence-electron chi connectivity index (χ3n) is 4.02. The number of hydrogen-bond donors (Lipinski definition) is 1. The number of nitrogens with one attached hydrogen (secondary N) is 1. The van der Waals surface area contributed by atoms with E-state index in [1.807, 2.05) is 13.0 Å². The molecule has 0 radical (unpaired) electrons. The van der Waals surface area contributed by atoms with Crippen LogP contribution in [0.4, 0.5) is 4.39 Å². The third kappa shape index (κ3) is 4.51. The number of benzene rings is 2. The van der Waals surface area contributed by atoms with Gasteiger partial charge in [-0.3, -0.25) is 9.69 Å². The first-order chi connectivity index (χ1) is 13.4. The van der Waals surface area contributed by atoms with E-state index in [1.165, 1.54) is 17.0 Å². The number of carbonyl (C=O) groups is 1. The highest BCUT2D eigenvalue weighted by Gasteiger charge is 2.27. The zero-order chi connectivity index (χ0) is 20.3. The van der Waals surface area contributed by atoms with Gasteiger partial charge in [-0.25, -0.2) is 4.39 Å². The minimum Gasteiger partial charge on any atom is -0.490 e. The van der Waals surface area contributed by atoms with Gasteiger partial charge < -0.3 is 14.8 Å². The average molecular weight is 465 g/mol. The first kappa shape index (κ1) is 20.3. The molecule has 1 saturated heterocycles. The molecule has 8 heteroatoms. The van der Waals surface area contributed by atoms with E-state index < -0.39 is 0 Å². The van der Waals surface area contributed by atoms with Crippen LogP contribution in [0.1, 0.15) is 18.1 Å². The maximum absolute atomic E-state index is 13.1. The Hall–Kier alpha value is -2.45. The molecule has 1 N–H and O–H groups in total. The zero-order valence-corrected chi connectivity index (χ0v) is 17.7. The van der Waals surface area contributed by atoms with Crippen LogP contribution in [-0.2, 0) is 11.4 Å². The van der Waals surface area contributed by atoms with Crippen molar-refractivity contribution in [3.05, 3.63) is 63.5 Å². The molecular weight excluding hydrogens is 447 g/mol. The standard InChI is InChI=1S/C20H18BrFN2O3S/c1-3-26-17-10-13(9-16-19(25)24(2)20(28)23-16)8-15(21)18(17)27-11-12-4-6-14(22)7-5-12/h4-10H,3,11H2,1-2H3,(H,23,28)/b16-9-. The summed E-state index contributed by atoms with van der Waals surface area (Å²) >= 11 is 8.60. The van der Waals surface area contributed by atoms with E-state index in [-0.39, 0.29) is 18.3 Å². The van der Waals surface area contributed by atoms with E-state index in [0.717, 1.165) is 11.1 Å². The molecule has 1 aliphatic rings. The molecule has 0 atom stereocenters. The van der Waals surface area contributed by atoms with Crippen LogP contribution < -0.4 is 14.8 Å². The molecule has 1 fully saturated rings. The van der Waals surface area contributed by atoms with Gasteiger partial charge in [0.25, 0.3) is 5.91 Å². The van der Waals surface area contributed by atoms with Crippen molar-refractivity contribution in [2.75, 3.05) is 13.7 Å². The fraction of sp³-hybridized carbons (Fsp3) is 0.200. The SMILES string of the molecule is CCOc1cc(/C=C2\NC(=S)N(C)C2=O)cc(Br)c1OCc1ccc(F)cc1. The molecule has 3 rings (SSSR count). The number of ether oxygens (including phenoxy) is 2. The summed E-state index contributed by atoms with van der Waals surface area (Å²) in [5.41, 5.74) is 1.97. The van der Waals surface area contributed by atoms with Gasteiger partial charge in [-0.15, -0.1) is 0 Å². The number of halogens is 2. The fourth-order valence-corrected chi connectivity index (χ4v) is 3.37. The topological polar surface area (TPSA) is 50.8 Å². The Morgan fingerprint density at radius 1 is 1.25 bits per heavy atom. The Labute approximate surface area is 176 Å². The van der Waals surface area contributed by atoms with Gasteiger partial charge in [-0.1, -0.05) is 12.1 Å². The van der Waals surface area contributed by atoms with Crippen LogP contribution >= 0.6 is 28.1 Å². The molecule has 2 aromatic carbocycles. The van der Waals surface area contributed by atoms with Gasteiger partial charge in [-0.2, -0.15) is 0 Å². The van der Waals surface area contributed by atoms with Crippen molar-refractivity contribution >= 4 is 45.2 Å². The van der Waals surface area contributed by atoms with Crippen molar-refractivity contribution in [3.63, 3.8) is 0 Å². The van der Waals surface area contributed by atoms with E-state index in [4.69, 9.17) is 21.7 Å². The first-order valence-corrected chi connectivity index (χ1v) is 9.73. The van der Waals surface area contributed by atoms with Crippen LogP contribution in [0, 0.1) is 5.82 Å². The van der Waals surface area contributed by atoms with Crippen molar-refractivity contribution < 1.29 is 18.7 Å². The molecule has 0 aliphatic carbocycles. The van der Waals surface area contributed by atoms with E-state index in [1.54, 1.807) is 31.3 Å². The van der Waals surface area contributed by atoms with Gasteiger partial charge in [0.05, 0.1) is 11.1 Å². The lowest BCUT2D eigenvalue weighted by atomic mass is 10.1. The molecule has 0 unspecified atom stereocenters. The number of likely N-dealkylation sites (N-methyl/N-ethyl adjacent to an activating group) is 1. The number of nitrogens with zero attached hydrogens (tertiary/aromatic N) is 1. The molecule has 1 aliphatic heterocycles. The number of rotatable bonds is 6. The Morgan fingerprint density at radius 3 is 2.57 bits per heavy atom. The highest BCUT2D eigenvalue weighted by atomic mass is 79.9. The minimum absolute atomic E-state index is 0.198. The van der Waals surface area contributed by atoms with Crippen LogP contribution in [-0.4, -0.2) is 29.6 Å². The zero-order valence-electron chi connectivity index (χ0n) is 15.3. The third-order valence-corrected chi connectivity index (χ3v) is 4.99. The van der Waals surface area contributed by atoms with Crippen LogP contribution in [0.15, 0.2) is 46.6 Å². The lowest BCUT2D eigenvalue weighted by Crippen LogP contribution is -2.25. The summed E-state index contributed by atoms with van der Waals surface area (Å²) in [4.78, 5) is 13.6. The van der Waals surface area contributed by atoms with Crippen molar-refractivity contribution in [1.82, 2.24) is 10.2 Å². The number of hydrogen-bond acceptors (Lipinski definition) is 4. The van der Waals surface area contributed by atoms with Crippen LogP contribution in [0.3, 0.4) is 0 Å². The molecule has 1 heterocycles. The Balaban J connectivity index is 1.86. The molecular formula is C20H18BrFN2O3S. The quantitative estimate of drug-likeness (QED) is 0.511. The van der Waals surface area contributed by atoms with Gasteiger partial charge in [0, 0.05) is 7.05 Å². The van der Waals surface area contributed by atoms with Gasteiger partial charge in [0.15, 0.2) is 16.6 Å². The lowest BCUT2D eigenvalue weighted by molar-refractivity contribution is -0.121. The molecule has 5 nitrogen and oxygen atoms in total. The molecule has 1 amide bonds. The highest BCUT2D eigenvalue weighted by molar-refractivity contribution is 9.10. The predicted molar refractivity (Wildman–Crippen MR) is 113 cm³/mol. The highest BCUT2D eigenvalue weighted by Crippen LogP contribution is 2.38. The van der Waals surface area contributed by atoms with Crippen LogP contribution in [0.5, 0.6) is 11.5 Å². The maximum atomic E-state index is 13.1. The fourth-order valence-electron chi connectivity index (χ4n) is 2.60.